The lowest BCUT2D eigenvalue weighted by molar-refractivity contribution is -0.124. The van der Waals surface area contributed by atoms with Gasteiger partial charge in [0.25, 0.3) is 5.91 Å². The van der Waals surface area contributed by atoms with Crippen LogP contribution < -0.4 is 14.8 Å². The highest BCUT2D eigenvalue weighted by Gasteiger charge is 2.34. The third-order valence-electron chi connectivity index (χ3n) is 4.49. The van der Waals surface area contributed by atoms with Gasteiger partial charge in [-0.15, -0.1) is 0 Å². The van der Waals surface area contributed by atoms with Gasteiger partial charge in [0.05, 0.1) is 6.04 Å². The van der Waals surface area contributed by atoms with E-state index in [4.69, 9.17) is 9.47 Å². The third-order valence-corrected chi connectivity index (χ3v) is 5.74. The molecule has 3 rings (SSSR count). The van der Waals surface area contributed by atoms with Crippen LogP contribution in [0.5, 0.6) is 11.5 Å². The van der Waals surface area contributed by atoms with E-state index >= 15 is 0 Å². The number of ether oxygens (including phenoxy) is 2. The van der Waals surface area contributed by atoms with Crippen molar-refractivity contribution in [1.29, 1.82) is 0 Å². The number of para-hydroxylation sites is 1. The van der Waals surface area contributed by atoms with Crippen molar-refractivity contribution in [2.45, 2.75) is 45.8 Å². The standard InChI is InChI=1S/C21H24BrNO3/c1-13-9-15(10-14(2)20(13)22)25-12-19(24)23-17-11-21(3,4)26-18-8-6-5-7-16(17)18/h5-10,17H,11-12H2,1-4H3,(H,23,24)/t17-/m1/s1. The molecule has 26 heavy (non-hydrogen) atoms. The van der Waals surface area contributed by atoms with Crippen LogP contribution >= 0.6 is 15.9 Å². The maximum atomic E-state index is 12.5. The average molecular weight is 418 g/mol. The van der Waals surface area contributed by atoms with Gasteiger partial charge < -0.3 is 14.8 Å². The van der Waals surface area contributed by atoms with E-state index < -0.39 is 0 Å². The second-order valence-corrected chi connectivity index (χ2v) is 8.18. The van der Waals surface area contributed by atoms with Gasteiger partial charge in [0.1, 0.15) is 17.1 Å². The smallest absolute Gasteiger partial charge is 0.258 e. The molecule has 0 radical (unpaired) electrons. The molecule has 2 aromatic rings. The van der Waals surface area contributed by atoms with Crippen molar-refractivity contribution in [2.75, 3.05) is 6.61 Å². The summed E-state index contributed by atoms with van der Waals surface area (Å²) in [5.74, 6) is 1.39. The number of nitrogens with one attached hydrogen (secondary N) is 1. The quantitative estimate of drug-likeness (QED) is 0.771. The Kier molecular flexibility index (Phi) is 5.28. The van der Waals surface area contributed by atoms with E-state index in [2.05, 4.69) is 21.2 Å². The number of hydrogen-bond acceptors (Lipinski definition) is 3. The minimum Gasteiger partial charge on any atom is -0.487 e. The van der Waals surface area contributed by atoms with Crippen molar-refractivity contribution in [3.8, 4) is 11.5 Å². The molecule has 1 N–H and O–H groups in total. The van der Waals surface area contributed by atoms with Crippen LogP contribution in [0, 0.1) is 13.8 Å². The lowest BCUT2D eigenvalue weighted by Gasteiger charge is -2.37. The topological polar surface area (TPSA) is 47.6 Å². The Bertz CT molecular complexity index is 809. The first-order valence-electron chi connectivity index (χ1n) is 8.72. The van der Waals surface area contributed by atoms with E-state index in [0.717, 1.165) is 26.9 Å². The largest absolute Gasteiger partial charge is 0.487 e. The maximum Gasteiger partial charge on any atom is 0.258 e. The molecule has 0 bridgehead atoms. The first-order chi connectivity index (χ1) is 12.2. The molecular weight excluding hydrogens is 394 g/mol. The normalized spacial score (nSPS) is 17.8. The lowest BCUT2D eigenvalue weighted by Crippen LogP contribution is -2.42. The molecule has 0 spiro atoms. The summed E-state index contributed by atoms with van der Waals surface area (Å²) in [6.07, 6.45) is 0.715. The van der Waals surface area contributed by atoms with E-state index in [-0.39, 0.29) is 24.2 Å². The lowest BCUT2D eigenvalue weighted by atomic mass is 9.90. The number of halogens is 1. The summed E-state index contributed by atoms with van der Waals surface area (Å²) in [6, 6.07) is 11.6. The van der Waals surface area contributed by atoms with Gasteiger partial charge in [0, 0.05) is 16.5 Å². The van der Waals surface area contributed by atoms with Gasteiger partial charge in [-0.25, -0.2) is 0 Å². The van der Waals surface area contributed by atoms with Gasteiger partial charge in [-0.1, -0.05) is 34.1 Å². The zero-order chi connectivity index (χ0) is 18.9. The van der Waals surface area contributed by atoms with E-state index in [9.17, 15) is 4.79 Å². The number of amides is 1. The van der Waals surface area contributed by atoms with Gasteiger partial charge in [-0.05, 0) is 57.0 Å². The first-order valence-corrected chi connectivity index (χ1v) is 9.51. The molecule has 1 atom stereocenters. The molecule has 0 saturated carbocycles. The number of aryl methyl sites for hydroxylation is 2. The molecular formula is C21H24BrNO3. The zero-order valence-electron chi connectivity index (χ0n) is 15.6. The number of benzene rings is 2. The molecule has 0 fully saturated rings. The summed E-state index contributed by atoms with van der Waals surface area (Å²) in [7, 11) is 0. The van der Waals surface area contributed by atoms with Crippen molar-refractivity contribution in [3.05, 3.63) is 57.6 Å². The number of carbonyl (C=O) groups excluding carboxylic acids is 1. The molecule has 4 nitrogen and oxygen atoms in total. The molecule has 1 aliphatic heterocycles. The fraction of sp³-hybridized carbons (Fsp3) is 0.381. The highest BCUT2D eigenvalue weighted by atomic mass is 79.9. The fourth-order valence-electron chi connectivity index (χ4n) is 3.31. The van der Waals surface area contributed by atoms with Crippen molar-refractivity contribution < 1.29 is 14.3 Å². The summed E-state index contributed by atoms with van der Waals surface area (Å²) in [5.41, 5.74) is 2.85. The summed E-state index contributed by atoms with van der Waals surface area (Å²) >= 11 is 3.54. The van der Waals surface area contributed by atoms with Gasteiger partial charge in [-0.3, -0.25) is 4.79 Å². The molecule has 0 aromatic heterocycles. The molecule has 5 heteroatoms. The molecule has 0 aliphatic carbocycles. The Morgan fingerprint density at radius 3 is 2.62 bits per heavy atom. The van der Waals surface area contributed by atoms with Crippen LogP contribution in [-0.2, 0) is 4.79 Å². The predicted molar refractivity (Wildman–Crippen MR) is 106 cm³/mol. The van der Waals surface area contributed by atoms with Gasteiger partial charge in [0.15, 0.2) is 6.61 Å². The molecule has 1 heterocycles. The Morgan fingerprint density at radius 1 is 1.27 bits per heavy atom. The van der Waals surface area contributed by atoms with Gasteiger partial charge >= 0.3 is 0 Å². The number of hydrogen-bond donors (Lipinski definition) is 1. The first kappa shape index (κ1) is 18.8. The SMILES string of the molecule is Cc1cc(OCC(=O)N[C@@H]2CC(C)(C)Oc3ccccc32)cc(C)c1Br. The van der Waals surface area contributed by atoms with Gasteiger partial charge in [-0.2, -0.15) is 0 Å². The second-order valence-electron chi connectivity index (χ2n) is 7.38. The summed E-state index contributed by atoms with van der Waals surface area (Å²) in [5, 5.41) is 3.09. The summed E-state index contributed by atoms with van der Waals surface area (Å²) < 4.78 is 12.8. The molecule has 2 aromatic carbocycles. The van der Waals surface area contributed by atoms with E-state index in [1.165, 1.54) is 0 Å². The molecule has 1 aliphatic rings. The highest BCUT2D eigenvalue weighted by Crippen LogP contribution is 2.39. The Morgan fingerprint density at radius 2 is 1.92 bits per heavy atom. The molecule has 138 valence electrons. The van der Waals surface area contributed by atoms with Crippen LogP contribution in [-0.4, -0.2) is 18.1 Å². The molecule has 0 saturated heterocycles. The van der Waals surface area contributed by atoms with Crippen LogP contribution in [0.4, 0.5) is 0 Å². The zero-order valence-corrected chi connectivity index (χ0v) is 17.1. The molecule has 0 unspecified atom stereocenters. The van der Waals surface area contributed by atoms with E-state index in [0.29, 0.717) is 12.2 Å². The van der Waals surface area contributed by atoms with Crippen molar-refractivity contribution in [3.63, 3.8) is 0 Å². The van der Waals surface area contributed by atoms with Crippen LogP contribution in [0.3, 0.4) is 0 Å². The number of carbonyl (C=O) groups is 1. The van der Waals surface area contributed by atoms with E-state index in [1.54, 1.807) is 0 Å². The van der Waals surface area contributed by atoms with Crippen molar-refractivity contribution >= 4 is 21.8 Å². The fourth-order valence-corrected chi connectivity index (χ4v) is 3.53. The maximum absolute atomic E-state index is 12.5. The predicted octanol–water partition coefficient (Wildman–Crippen LogP) is 4.86. The van der Waals surface area contributed by atoms with Crippen molar-refractivity contribution in [1.82, 2.24) is 5.32 Å². The monoisotopic (exact) mass is 417 g/mol. The average Bonchev–Trinajstić information content (AvgIpc) is 2.56. The highest BCUT2D eigenvalue weighted by molar-refractivity contribution is 9.10. The summed E-state index contributed by atoms with van der Waals surface area (Å²) in [6.45, 7) is 8.06. The van der Waals surface area contributed by atoms with Crippen molar-refractivity contribution in [2.24, 2.45) is 0 Å². The summed E-state index contributed by atoms with van der Waals surface area (Å²) in [4.78, 5) is 12.5. The Hall–Kier alpha value is -2.01. The van der Waals surface area contributed by atoms with Crippen LogP contribution in [0.1, 0.15) is 43.0 Å². The second kappa shape index (κ2) is 7.31. The minimum absolute atomic E-state index is 0.0134. The van der Waals surface area contributed by atoms with E-state index in [1.807, 2.05) is 64.1 Å². The van der Waals surface area contributed by atoms with Crippen LogP contribution in [0.25, 0.3) is 0 Å². The minimum atomic E-state index is -0.326. The molecule has 1 amide bonds. The Balaban J connectivity index is 1.67. The van der Waals surface area contributed by atoms with Crippen LogP contribution in [0.2, 0.25) is 0 Å². The third kappa shape index (κ3) is 4.21. The van der Waals surface area contributed by atoms with Crippen LogP contribution in [0.15, 0.2) is 40.9 Å². The van der Waals surface area contributed by atoms with Gasteiger partial charge in [0.2, 0.25) is 0 Å². The number of fused-ring (bicyclic) bond motifs is 1. The Labute approximate surface area is 163 Å². The number of rotatable bonds is 4.